The number of anilines is 3. The Hall–Kier alpha value is -8.11. The van der Waals surface area contributed by atoms with Crippen LogP contribution in [-0.4, -0.2) is 24.1 Å². The first-order valence-corrected chi connectivity index (χ1v) is 22.8. The Kier molecular flexibility index (Phi) is 7.59. The Labute approximate surface area is 374 Å². The van der Waals surface area contributed by atoms with Crippen LogP contribution in [0.1, 0.15) is 0 Å². The van der Waals surface area contributed by atoms with Crippen molar-refractivity contribution in [3.8, 4) is 45.6 Å². The predicted molar refractivity (Wildman–Crippen MR) is 265 cm³/mol. The van der Waals surface area contributed by atoms with E-state index in [-0.39, 0.29) is 0 Å². The standard InChI is InChI=1S/C55H32N6OS2/c1-7-23-48-36(15-1)52-42(19-9-25-50(52)63-48)60-44(29-33-13-11-27-56-54(33)60)38-31-35(59-40-17-3-5-21-46(40)62-47-22-6-4-18-41(47)59)32-39(58-38)45-30-34-14-12-28-57-55(34)61(45)43-20-10-26-51-53(43)37-16-2-8-24-49(37)64-51/h1-32H. The van der Waals surface area contributed by atoms with E-state index in [9.17, 15) is 0 Å². The lowest BCUT2D eigenvalue weighted by atomic mass is 10.1. The lowest BCUT2D eigenvalue weighted by Crippen LogP contribution is -2.16. The number of ether oxygens (including phenoxy) is 1. The molecule has 0 unspecified atom stereocenters. The molecule has 0 saturated carbocycles. The fourth-order valence-corrected chi connectivity index (χ4v) is 12.0. The lowest BCUT2D eigenvalue weighted by Gasteiger charge is -2.33. The van der Waals surface area contributed by atoms with Crippen LogP contribution in [0, 0.1) is 0 Å². The van der Waals surface area contributed by atoms with Crippen molar-refractivity contribution in [2.24, 2.45) is 0 Å². The average Bonchev–Trinajstić information content (AvgIpc) is 4.13. The highest BCUT2D eigenvalue weighted by atomic mass is 32.1. The number of benzene rings is 6. The highest BCUT2D eigenvalue weighted by Gasteiger charge is 2.29. The van der Waals surface area contributed by atoms with Crippen LogP contribution in [0.5, 0.6) is 11.5 Å². The van der Waals surface area contributed by atoms with Gasteiger partial charge in [0.15, 0.2) is 11.5 Å². The molecular weight excluding hydrogens is 825 g/mol. The number of rotatable bonds is 5. The van der Waals surface area contributed by atoms with Crippen molar-refractivity contribution in [2.75, 3.05) is 4.90 Å². The van der Waals surface area contributed by atoms with Crippen LogP contribution < -0.4 is 9.64 Å². The van der Waals surface area contributed by atoms with Gasteiger partial charge >= 0.3 is 0 Å². The molecule has 8 heterocycles. The number of fused-ring (bicyclic) bond motifs is 10. The summed E-state index contributed by atoms with van der Waals surface area (Å²) < 4.78 is 16.1. The van der Waals surface area contributed by atoms with Crippen LogP contribution in [0.2, 0.25) is 0 Å². The molecule has 6 aromatic carbocycles. The molecule has 300 valence electrons. The molecular formula is C55H32N6OS2. The first-order chi connectivity index (χ1) is 31.7. The highest BCUT2D eigenvalue weighted by molar-refractivity contribution is 7.26. The number of para-hydroxylation sites is 4. The van der Waals surface area contributed by atoms with E-state index in [0.717, 1.165) is 84.8 Å². The summed E-state index contributed by atoms with van der Waals surface area (Å²) >= 11 is 3.63. The van der Waals surface area contributed by atoms with Crippen molar-refractivity contribution < 1.29 is 4.74 Å². The van der Waals surface area contributed by atoms with Crippen LogP contribution in [-0.2, 0) is 0 Å². The Bertz CT molecular complexity index is 3790. The van der Waals surface area contributed by atoms with Gasteiger partial charge < -0.3 is 9.64 Å². The molecule has 13 aromatic rings. The fraction of sp³-hybridized carbons (Fsp3) is 0. The summed E-state index contributed by atoms with van der Waals surface area (Å²) in [7, 11) is 0. The third-order valence-electron chi connectivity index (χ3n) is 12.4. The molecule has 0 spiro atoms. The minimum atomic E-state index is 0.782. The van der Waals surface area contributed by atoms with E-state index in [2.05, 4.69) is 160 Å². The van der Waals surface area contributed by atoms with E-state index in [4.69, 9.17) is 19.7 Å². The van der Waals surface area contributed by atoms with Gasteiger partial charge in [-0.2, -0.15) is 0 Å². The largest absolute Gasteiger partial charge is 0.453 e. The van der Waals surface area contributed by atoms with E-state index in [0.29, 0.717) is 0 Å². The zero-order valence-corrected chi connectivity index (χ0v) is 35.5. The third kappa shape index (κ3) is 5.22. The maximum absolute atomic E-state index is 6.55. The Balaban J connectivity index is 1.10. The van der Waals surface area contributed by atoms with Gasteiger partial charge in [0.2, 0.25) is 0 Å². The lowest BCUT2D eigenvalue weighted by molar-refractivity contribution is 0.477. The summed E-state index contributed by atoms with van der Waals surface area (Å²) in [6, 6.07) is 64.2. The second-order valence-corrected chi connectivity index (χ2v) is 18.2. The van der Waals surface area contributed by atoms with Gasteiger partial charge in [0.05, 0.1) is 51.2 Å². The monoisotopic (exact) mass is 856 g/mol. The summed E-state index contributed by atoms with van der Waals surface area (Å²) in [6.45, 7) is 0. The minimum absolute atomic E-state index is 0.782. The molecule has 14 rings (SSSR count). The summed E-state index contributed by atoms with van der Waals surface area (Å²) in [5.74, 6) is 1.56. The number of aromatic nitrogens is 5. The highest BCUT2D eigenvalue weighted by Crippen LogP contribution is 2.52. The van der Waals surface area contributed by atoms with Crippen LogP contribution in [0.15, 0.2) is 194 Å². The first kappa shape index (κ1) is 35.5. The molecule has 0 saturated heterocycles. The van der Waals surface area contributed by atoms with Crippen LogP contribution >= 0.6 is 22.7 Å². The van der Waals surface area contributed by atoms with E-state index in [1.165, 1.54) is 40.3 Å². The summed E-state index contributed by atoms with van der Waals surface area (Å²) in [5, 5.41) is 6.89. The van der Waals surface area contributed by atoms with Gasteiger partial charge in [-0.15, -0.1) is 22.7 Å². The zero-order valence-electron chi connectivity index (χ0n) is 33.9. The molecule has 1 aliphatic heterocycles. The van der Waals surface area contributed by atoms with Gasteiger partial charge in [-0.3, -0.25) is 9.13 Å². The third-order valence-corrected chi connectivity index (χ3v) is 14.7. The molecule has 0 bridgehead atoms. The molecule has 0 atom stereocenters. The summed E-state index contributed by atoms with van der Waals surface area (Å²) in [6.07, 6.45) is 3.76. The molecule has 9 heteroatoms. The van der Waals surface area contributed by atoms with Gasteiger partial charge in [-0.05, 0) is 109 Å². The van der Waals surface area contributed by atoms with Crippen LogP contribution in [0.4, 0.5) is 17.1 Å². The Morgan fingerprint density at radius 2 is 0.859 bits per heavy atom. The van der Waals surface area contributed by atoms with Crippen LogP contribution in [0.3, 0.4) is 0 Å². The second-order valence-electron chi connectivity index (χ2n) is 16.0. The van der Waals surface area contributed by atoms with Crippen molar-refractivity contribution in [2.45, 2.75) is 0 Å². The Morgan fingerprint density at radius 1 is 0.406 bits per heavy atom. The van der Waals surface area contributed by atoms with Gasteiger partial charge in [0.25, 0.3) is 0 Å². The number of hydrogen-bond donors (Lipinski definition) is 0. The summed E-state index contributed by atoms with van der Waals surface area (Å²) in [4.78, 5) is 18.2. The quantitative estimate of drug-likeness (QED) is 0.173. The first-order valence-electron chi connectivity index (χ1n) is 21.2. The van der Waals surface area contributed by atoms with Crippen molar-refractivity contribution in [3.63, 3.8) is 0 Å². The van der Waals surface area contributed by atoms with Gasteiger partial charge in [0.1, 0.15) is 11.3 Å². The van der Waals surface area contributed by atoms with Crippen LogP contribution in [0.25, 0.3) is 96.6 Å². The topological polar surface area (TPSA) is 61.0 Å². The van der Waals surface area contributed by atoms with Gasteiger partial charge in [-0.25, -0.2) is 15.0 Å². The van der Waals surface area contributed by atoms with E-state index < -0.39 is 0 Å². The number of nitrogens with zero attached hydrogens (tertiary/aromatic N) is 6. The van der Waals surface area contributed by atoms with E-state index in [1.54, 1.807) is 0 Å². The zero-order chi connectivity index (χ0) is 41.9. The number of pyridine rings is 3. The number of hydrogen-bond acceptors (Lipinski definition) is 7. The van der Waals surface area contributed by atoms with Gasteiger partial charge in [-0.1, -0.05) is 72.8 Å². The molecule has 64 heavy (non-hydrogen) atoms. The molecule has 7 aromatic heterocycles. The van der Waals surface area contributed by atoms with Crippen molar-refractivity contribution >= 4 is 102 Å². The van der Waals surface area contributed by atoms with E-state index in [1.807, 2.05) is 71.5 Å². The molecule has 1 aliphatic rings. The Morgan fingerprint density at radius 3 is 1.39 bits per heavy atom. The molecule has 0 N–H and O–H groups in total. The molecule has 7 nitrogen and oxygen atoms in total. The maximum Gasteiger partial charge on any atom is 0.151 e. The normalized spacial score (nSPS) is 12.5. The number of thiophene rings is 2. The van der Waals surface area contributed by atoms with Crippen molar-refractivity contribution in [1.82, 2.24) is 24.1 Å². The molecule has 0 aliphatic carbocycles. The minimum Gasteiger partial charge on any atom is -0.453 e. The van der Waals surface area contributed by atoms with Crippen molar-refractivity contribution in [1.29, 1.82) is 0 Å². The maximum atomic E-state index is 6.55. The van der Waals surface area contributed by atoms with Gasteiger partial charge in [0, 0.05) is 63.5 Å². The SMILES string of the molecule is c1ccc2c(c1)Oc1ccccc1N2c1cc(-c2cc3cccnc3n2-c2cccc3sc4ccccc4c23)nc(-c2cc3cccnc3n2-c2cccc3sc4ccccc4c23)c1. The second kappa shape index (κ2) is 13.7. The fourth-order valence-electron chi connectivity index (χ4n) is 9.71. The molecule has 0 radical (unpaired) electrons. The smallest absolute Gasteiger partial charge is 0.151 e. The molecule has 0 fully saturated rings. The van der Waals surface area contributed by atoms with Crippen molar-refractivity contribution in [3.05, 3.63) is 194 Å². The average molecular weight is 857 g/mol. The summed E-state index contributed by atoms with van der Waals surface area (Å²) in [5.41, 5.74) is 10.1. The predicted octanol–water partition coefficient (Wildman–Crippen LogP) is 15.4. The van der Waals surface area contributed by atoms with E-state index >= 15 is 0 Å². The molecule has 0 amide bonds.